The second-order valence-corrected chi connectivity index (χ2v) is 8.86. The van der Waals surface area contributed by atoms with Crippen LogP contribution in [0.2, 0.25) is 0 Å². The summed E-state index contributed by atoms with van der Waals surface area (Å²) in [7, 11) is 4.07. The van der Waals surface area contributed by atoms with Crippen LogP contribution in [0.5, 0.6) is 0 Å². The van der Waals surface area contributed by atoms with Crippen molar-refractivity contribution in [2.45, 2.75) is 11.5 Å². The van der Waals surface area contributed by atoms with Gasteiger partial charge in [0.2, 0.25) is 0 Å². The first-order chi connectivity index (χ1) is 15.6. The lowest BCUT2D eigenvalue weighted by atomic mass is 9.63. The van der Waals surface area contributed by atoms with Crippen LogP contribution in [0, 0.1) is 11.2 Å². The highest BCUT2D eigenvalue weighted by atomic mass is 32.1. The first-order valence-electron chi connectivity index (χ1n) is 10.2. The summed E-state index contributed by atoms with van der Waals surface area (Å²) in [5, 5.41) is 2.99. The lowest BCUT2D eigenvalue weighted by molar-refractivity contribution is -0.153. The summed E-state index contributed by atoms with van der Waals surface area (Å²) in [5.41, 5.74) is -2.62. The molecule has 2 aromatic carbocycles. The summed E-state index contributed by atoms with van der Waals surface area (Å²) >= 11 is 5.61. The van der Waals surface area contributed by atoms with Crippen LogP contribution in [-0.2, 0) is 19.9 Å². The number of nitrogens with one attached hydrogen (secondary N) is 1. The van der Waals surface area contributed by atoms with Crippen LogP contribution >= 0.6 is 12.2 Å². The van der Waals surface area contributed by atoms with Crippen molar-refractivity contribution in [1.82, 2.24) is 15.1 Å². The van der Waals surface area contributed by atoms with Crippen LogP contribution in [0.1, 0.15) is 17.0 Å². The second-order valence-electron chi connectivity index (χ2n) is 8.45. The Balaban J connectivity index is 1.89. The quantitative estimate of drug-likeness (QED) is 0.509. The molecule has 2 aromatic rings. The first kappa shape index (κ1) is 21.2. The molecule has 3 heterocycles. The van der Waals surface area contributed by atoms with Gasteiger partial charge in [-0.15, -0.1) is 0 Å². The van der Waals surface area contributed by atoms with E-state index in [2.05, 4.69) is 5.32 Å². The molecule has 0 bridgehead atoms. The molecule has 33 heavy (non-hydrogen) atoms. The van der Waals surface area contributed by atoms with Crippen LogP contribution < -0.4 is 10.2 Å². The maximum absolute atomic E-state index is 14.5. The van der Waals surface area contributed by atoms with Gasteiger partial charge in [0, 0.05) is 32.4 Å². The summed E-state index contributed by atoms with van der Waals surface area (Å²) in [6.07, 6.45) is 0. The van der Waals surface area contributed by atoms with Crippen molar-refractivity contribution in [3.8, 4) is 0 Å². The van der Waals surface area contributed by atoms with Crippen LogP contribution in [0.15, 0.2) is 48.5 Å². The van der Waals surface area contributed by atoms with Gasteiger partial charge in [-0.05, 0) is 23.8 Å². The number of fused-ring (bicyclic) bond motifs is 2. The summed E-state index contributed by atoms with van der Waals surface area (Å²) in [6.45, 7) is 0. The number of urea groups is 1. The van der Waals surface area contributed by atoms with Crippen LogP contribution in [0.3, 0.4) is 0 Å². The van der Waals surface area contributed by atoms with E-state index in [0.29, 0.717) is 11.3 Å². The van der Waals surface area contributed by atoms with Crippen molar-refractivity contribution >= 4 is 46.6 Å². The first-order valence-corrected chi connectivity index (χ1v) is 10.6. The minimum absolute atomic E-state index is 0.184. The van der Waals surface area contributed by atoms with E-state index in [1.165, 1.54) is 44.2 Å². The van der Waals surface area contributed by atoms with E-state index in [-0.39, 0.29) is 10.6 Å². The third-order valence-electron chi connectivity index (χ3n) is 6.91. The molecular weight excluding hydrogens is 447 g/mol. The number of carbonyl (C=O) groups is 4. The van der Waals surface area contributed by atoms with E-state index < -0.39 is 46.4 Å². The maximum atomic E-state index is 14.5. The molecule has 3 aliphatic rings. The predicted octanol–water partition coefficient (Wildman–Crippen LogP) is 1.75. The lowest BCUT2D eigenvalue weighted by Crippen LogP contribution is -2.66. The molecule has 5 amide bonds. The van der Waals surface area contributed by atoms with E-state index in [1.807, 2.05) is 0 Å². The van der Waals surface area contributed by atoms with E-state index >= 15 is 0 Å². The molecule has 2 saturated heterocycles. The van der Waals surface area contributed by atoms with Gasteiger partial charge >= 0.3 is 6.03 Å². The molecule has 5 rings (SSSR count). The van der Waals surface area contributed by atoms with Gasteiger partial charge < -0.3 is 10.2 Å². The Morgan fingerprint density at radius 1 is 0.879 bits per heavy atom. The Hall–Kier alpha value is -3.66. The summed E-state index contributed by atoms with van der Waals surface area (Å²) < 4.78 is 14.5. The van der Waals surface area contributed by atoms with E-state index in [0.717, 1.165) is 9.80 Å². The number of amides is 5. The molecule has 2 spiro atoms. The maximum Gasteiger partial charge on any atom is 0.332 e. The largest absolute Gasteiger partial charge is 0.360 e. The van der Waals surface area contributed by atoms with Gasteiger partial charge in [0.1, 0.15) is 10.8 Å². The van der Waals surface area contributed by atoms with Gasteiger partial charge in [-0.2, -0.15) is 0 Å². The number of nitrogens with zero attached hydrogens (tertiary/aromatic N) is 3. The standard InChI is InChI=1S/C23H19FN4O4S/c1-26-15-10-9-13(24)11-14(15)23(20(26)31)16(12-7-5-4-6-8-12)22(17(33)25-23)18(29)27(2)21(32)28(3)19(22)30/h4-11,16H,1-3H3,(H,25,33)/t16-,23-/m0/s1. The summed E-state index contributed by atoms with van der Waals surface area (Å²) in [5.74, 6) is -3.91. The minimum Gasteiger partial charge on any atom is -0.360 e. The molecule has 10 heteroatoms. The van der Waals surface area contributed by atoms with Crippen LogP contribution in [0.4, 0.5) is 14.9 Å². The molecule has 0 aromatic heterocycles. The zero-order valence-corrected chi connectivity index (χ0v) is 18.8. The minimum atomic E-state index is -2.07. The van der Waals surface area contributed by atoms with Crippen molar-refractivity contribution in [2.24, 2.45) is 5.41 Å². The normalized spacial score (nSPS) is 26.0. The van der Waals surface area contributed by atoms with Gasteiger partial charge in [-0.25, -0.2) is 9.18 Å². The van der Waals surface area contributed by atoms with Crippen LogP contribution in [-0.4, -0.2) is 59.7 Å². The topological polar surface area (TPSA) is 90.0 Å². The molecule has 3 aliphatic heterocycles. The summed E-state index contributed by atoms with van der Waals surface area (Å²) in [6, 6.07) is 11.7. The average molecular weight is 466 g/mol. The molecule has 2 atom stereocenters. The zero-order chi connectivity index (χ0) is 23.9. The lowest BCUT2D eigenvalue weighted by Gasteiger charge is -2.43. The molecule has 0 aliphatic carbocycles. The number of carbonyl (C=O) groups excluding carboxylic acids is 4. The van der Waals surface area contributed by atoms with E-state index in [4.69, 9.17) is 12.2 Å². The van der Waals surface area contributed by atoms with Crippen LogP contribution in [0.25, 0.3) is 0 Å². The van der Waals surface area contributed by atoms with Gasteiger partial charge in [-0.3, -0.25) is 24.2 Å². The number of anilines is 1. The van der Waals surface area contributed by atoms with E-state index in [9.17, 15) is 23.6 Å². The highest BCUT2D eigenvalue weighted by Crippen LogP contribution is 2.60. The number of halogens is 1. The highest BCUT2D eigenvalue weighted by molar-refractivity contribution is 7.80. The predicted molar refractivity (Wildman–Crippen MR) is 120 cm³/mol. The number of imide groups is 2. The number of hydrogen-bond donors (Lipinski definition) is 1. The molecule has 1 N–H and O–H groups in total. The molecule has 168 valence electrons. The monoisotopic (exact) mass is 466 g/mol. The number of hydrogen-bond acceptors (Lipinski definition) is 5. The molecule has 0 saturated carbocycles. The number of rotatable bonds is 1. The number of thiocarbonyl (C=S) groups is 1. The highest BCUT2D eigenvalue weighted by Gasteiger charge is 2.76. The number of barbiturate groups is 1. The molecule has 2 fully saturated rings. The van der Waals surface area contributed by atoms with Crippen molar-refractivity contribution < 1.29 is 23.6 Å². The SMILES string of the molecule is CN1C(=O)N(C)C(=O)C2(C1=O)C(=S)N[C@]1(C(=O)N(C)c3ccc(F)cc31)[C@H]2c1ccccc1. The van der Waals surface area contributed by atoms with Crippen molar-refractivity contribution in [3.63, 3.8) is 0 Å². The molecular formula is C23H19FN4O4S. The Bertz CT molecular complexity index is 1260. The Labute approximate surface area is 193 Å². The Morgan fingerprint density at radius 3 is 2.09 bits per heavy atom. The molecule has 0 unspecified atom stereocenters. The van der Waals surface area contributed by atoms with E-state index in [1.54, 1.807) is 30.3 Å². The Kier molecular flexibility index (Phi) is 4.29. The number of benzene rings is 2. The number of likely N-dealkylation sites (N-methyl/N-ethyl adjacent to an activating group) is 1. The third kappa shape index (κ3) is 2.31. The van der Waals surface area contributed by atoms with Crippen molar-refractivity contribution in [1.29, 1.82) is 0 Å². The fourth-order valence-electron chi connectivity index (χ4n) is 5.42. The Morgan fingerprint density at radius 2 is 1.48 bits per heavy atom. The fraction of sp³-hybridized carbons (Fsp3) is 0.261. The molecule has 8 nitrogen and oxygen atoms in total. The third-order valence-corrected chi connectivity index (χ3v) is 7.34. The molecule has 0 radical (unpaired) electrons. The van der Waals surface area contributed by atoms with Gasteiger partial charge in [0.05, 0.1) is 5.92 Å². The van der Waals surface area contributed by atoms with Crippen molar-refractivity contribution in [3.05, 3.63) is 65.5 Å². The van der Waals surface area contributed by atoms with Gasteiger partial charge in [0.15, 0.2) is 11.0 Å². The summed E-state index contributed by atoms with van der Waals surface area (Å²) in [4.78, 5) is 56.7. The van der Waals surface area contributed by atoms with Gasteiger partial charge in [-0.1, -0.05) is 42.5 Å². The van der Waals surface area contributed by atoms with Gasteiger partial charge in [0.25, 0.3) is 17.7 Å². The fourth-order valence-corrected chi connectivity index (χ4v) is 5.87. The average Bonchev–Trinajstić information content (AvgIpc) is 3.20. The smallest absolute Gasteiger partial charge is 0.332 e. The zero-order valence-electron chi connectivity index (χ0n) is 18.0. The second kappa shape index (κ2) is 6.67. The van der Waals surface area contributed by atoms with Crippen molar-refractivity contribution in [2.75, 3.05) is 26.0 Å².